The van der Waals surface area contributed by atoms with Gasteiger partial charge in [0.05, 0.1) is 10.9 Å². The molecular formula is C13H9BrO5. The van der Waals surface area contributed by atoms with E-state index in [1.807, 2.05) is 0 Å². The molecule has 1 aromatic carbocycles. The summed E-state index contributed by atoms with van der Waals surface area (Å²) in [7, 11) is 0. The number of rotatable bonds is 3. The Morgan fingerprint density at radius 3 is 2.74 bits per heavy atom. The fourth-order valence-corrected chi connectivity index (χ4v) is 2.03. The summed E-state index contributed by atoms with van der Waals surface area (Å²) in [4.78, 5) is 34.5. The topological polar surface area (TPSA) is 73.6 Å². The second-order valence-corrected chi connectivity index (χ2v) is 4.33. The van der Waals surface area contributed by atoms with Crippen LogP contribution in [0.15, 0.2) is 33.7 Å². The van der Waals surface area contributed by atoms with E-state index in [2.05, 4.69) is 15.9 Å². The van der Waals surface area contributed by atoms with Crippen LogP contribution in [0.1, 0.15) is 17.3 Å². The molecule has 0 amide bonds. The van der Waals surface area contributed by atoms with E-state index in [1.54, 1.807) is 12.1 Å². The lowest BCUT2D eigenvalue weighted by Gasteiger charge is -2.07. The Kier molecular flexibility index (Phi) is 3.80. The van der Waals surface area contributed by atoms with Crippen molar-refractivity contribution in [2.24, 2.45) is 0 Å². The van der Waals surface area contributed by atoms with E-state index in [4.69, 9.17) is 9.15 Å². The lowest BCUT2D eigenvalue weighted by atomic mass is 10.1. The Labute approximate surface area is 116 Å². The maximum atomic E-state index is 11.8. The van der Waals surface area contributed by atoms with Gasteiger partial charge in [-0.25, -0.2) is 4.79 Å². The number of carbonyl (C=O) groups is 2. The van der Waals surface area contributed by atoms with E-state index in [0.717, 1.165) is 6.26 Å². The van der Waals surface area contributed by atoms with Gasteiger partial charge in [0.1, 0.15) is 17.4 Å². The van der Waals surface area contributed by atoms with Crippen LogP contribution in [-0.4, -0.2) is 17.1 Å². The third-order valence-electron chi connectivity index (χ3n) is 2.48. The van der Waals surface area contributed by atoms with E-state index < -0.39 is 11.6 Å². The molecule has 0 aliphatic rings. The van der Waals surface area contributed by atoms with Crippen LogP contribution in [0.5, 0.6) is 5.75 Å². The van der Waals surface area contributed by atoms with E-state index in [1.165, 1.54) is 13.0 Å². The molecule has 0 spiro atoms. The fraction of sp³-hybridized carbons (Fsp3) is 0.154. The molecule has 1 heterocycles. The summed E-state index contributed by atoms with van der Waals surface area (Å²) >= 11 is 3.06. The largest absolute Gasteiger partial charge is 0.430 e. The molecule has 0 aliphatic carbocycles. The number of halogens is 1. The Bertz CT molecular complexity index is 717. The highest BCUT2D eigenvalue weighted by Crippen LogP contribution is 2.25. The summed E-state index contributed by atoms with van der Waals surface area (Å²) in [6.07, 6.45) is 1.12. The monoisotopic (exact) mass is 324 g/mol. The second-order valence-electron chi connectivity index (χ2n) is 3.77. The molecule has 0 radical (unpaired) electrons. The summed E-state index contributed by atoms with van der Waals surface area (Å²) in [5.41, 5.74) is -0.390. The first-order valence-corrected chi connectivity index (χ1v) is 6.49. The predicted octanol–water partition coefficient (Wildman–Crippen LogP) is 2.30. The molecule has 0 fully saturated rings. The van der Waals surface area contributed by atoms with Crippen LogP contribution in [0.2, 0.25) is 0 Å². The molecule has 2 aromatic rings. The molecule has 2 rings (SSSR count). The average Bonchev–Trinajstić information content (AvgIpc) is 2.38. The van der Waals surface area contributed by atoms with Crippen LogP contribution in [0, 0.1) is 0 Å². The Morgan fingerprint density at radius 1 is 1.37 bits per heavy atom. The number of alkyl halides is 1. The van der Waals surface area contributed by atoms with Crippen LogP contribution in [0.25, 0.3) is 10.8 Å². The second kappa shape index (κ2) is 5.36. The van der Waals surface area contributed by atoms with Crippen molar-refractivity contribution in [1.82, 2.24) is 0 Å². The summed E-state index contributed by atoms with van der Waals surface area (Å²) in [6.45, 7) is 1.23. The first-order valence-electron chi connectivity index (χ1n) is 5.36. The quantitative estimate of drug-likeness (QED) is 0.375. The van der Waals surface area contributed by atoms with Gasteiger partial charge in [-0.05, 0) is 6.07 Å². The van der Waals surface area contributed by atoms with Gasteiger partial charge in [-0.3, -0.25) is 9.59 Å². The maximum absolute atomic E-state index is 11.8. The van der Waals surface area contributed by atoms with Crippen molar-refractivity contribution in [1.29, 1.82) is 0 Å². The van der Waals surface area contributed by atoms with Crippen LogP contribution in [0.4, 0.5) is 0 Å². The summed E-state index contributed by atoms with van der Waals surface area (Å²) in [5, 5.41) is 0.595. The minimum absolute atomic E-state index is 0.0861. The summed E-state index contributed by atoms with van der Waals surface area (Å²) < 4.78 is 9.78. The molecule has 0 bridgehead atoms. The lowest BCUT2D eigenvalue weighted by molar-refractivity contribution is -0.131. The minimum atomic E-state index is -0.655. The smallest absolute Gasteiger partial charge is 0.347 e. The summed E-state index contributed by atoms with van der Waals surface area (Å²) in [5.74, 6) is -0.694. The number of Topliss-reactive ketones (excluding diaryl/α,β-unsaturated/α-hetero) is 1. The van der Waals surface area contributed by atoms with Gasteiger partial charge in [-0.2, -0.15) is 0 Å². The number of hydrogen-bond acceptors (Lipinski definition) is 5. The average molecular weight is 325 g/mol. The van der Waals surface area contributed by atoms with E-state index in [0.29, 0.717) is 5.39 Å². The Morgan fingerprint density at radius 2 is 2.11 bits per heavy atom. The van der Waals surface area contributed by atoms with Gasteiger partial charge in [-0.1, -0.05) is 28.1 Å². The van der Waals surface area contributed by atoms with Crippen LogP contribution in [0.3, 0.4) is 0 Å². The first-order chi connectivity index (χ1) is 9.04. The van der Waals surface area contributed by atoms with Crippen LogP contribution >= 0.6 is 15.9 Å². The Balaban J connectivity index is 2.79. The normalized spacial score (nSPS) is 10.4. The molecule has 5 nitrogen and oxygen atoms in total. The SMILES string of the molecule is CC(=O)Oc1cccc2c(C(=O)CBr)coc(=O)c12. The van der Waals surface area contributed by atoms with E-state index >= 15 is 0 Å². The van der Waals surface area contributed by atoms with Crippen molar-refractivity contribution in [3.05, 3.63) is 40.4 Å². The highest BCUT2D eigenvalue weighted by molar-refractivity contribution is 9.09. The van der Waals surface area contributed by atoms with Gasteiger partial charge in [0.2, 0.25) is 0 Å². The molecule has 98 valence electrons. The van der Waals surface area contributed by atoms with Crippen LogP contribution in [-0.2, 0) is 4.79 Å². The highest BCUT2D eigenvalue weighted by Gasteiger charge is 2.16. The van der Waals surface area contributed by atoms with Gasteiger partial charge in [-0.15, -0.1) is 0 Å². The van der Waals surface area contributed by atoms with Crippen molar-refractivity contribution < 1.29 is 18.7 Å². The lowest BCUT2D eigenvalue weighted by Crippen LogP contribution is -2.10. The molecular weight excluding hydrogens is 316 g/mol. The third kappa shape index (κ3) is 2.58. The minimum Gasteiger partial charge on any atom is -0.430 e. The molecule has 6 heteroatoms. The number of carbonyl (C=O) groups excluding carboxylic acids is 2. The molecule has 0 aliphatic heterocycles. The first kappa shape index (κ1) is 13.5. The van der Waals surface area contributed by atoms with Gasteiger partial charge < -0.3 is 9.15 Å². The fourth-order valence-electron chi connectivity index (χ4n) is 1.73. The summed E-state index contributed by atoms with van der Waals surface area (Å²) in [6, 6.07) is 4.68. The number of hydrogen-bond donors (Lipinski definition) is 0. The standard InChI is InChI=1S/C13H9BrO5/c1-7(15)19-11-4-2-3-8-9(10(16)5-14)6-18-13(17)12(8)11/h2-4,6H,5H2,1H3. The van der Waals surface area contributed by atoms with Crippen molar-refractivity contribution >= 4 is 38.5 Å². The molecule has 0 unspecified atom stereocenters. The van der Waals surface area contributed by atoms with Gasteiger partial charge in [0.15, 0.2) is 5.78 Å². The number of ether oxygens (including phenoxy) is 1. The predicted molar refractivity (Wildman–Crippen MR) is 71.9 cm³/mol. The zero-order valence-corrected chi connectivity index (χ0v) is 11.5. The molecule has 0 saturated heterocycles. The molecule has 0 atom stereocenters. The van der Waals surface area contributed by atoms with Crippen molar-refractivity contribution in [2.75, 3.05) is 5.33 Å². The molecule has 0 N–H and O–H groups in total. The van der Waals surface area contributed by atoms with Gasteiger partial charge in [0.25, 0.3) is 0 Å². The van der Waals surface area contributed by atoms with Crippen molar-refractivity contribution in [3.63, 3.8) is 0 Å². The number of benzene rings is 1. The van der Waals surface area contributed by atoms with E-state index in [9.17, 15) is 14.4 Å². The zero-order chi connectivity index (χ0) is 14.0. The number of fused-ring (bicyclic) bond motifs is 1. The van der Waals surface area contributed by atoms with Gasteiger partial charge >= 0.3 is 11.6 Å². The van der Waals surface area contributed by atoms with Crippen molar-refractivity contribution in [3.8, 4) is 5.75 Å². The van der Waals surface area contributed by atoms with Crippen molar-refractivity contribution in [2.45, 2.75) is 6.92 Å². The zero-order valence-electron chi connectivity index (χ0n) is 9.94. The molecule has 1 aromatic heterocycles. The maximum Gasteiger partial charge on any atom is 0.347 e. The van der Waals surface area contributed by atoms with Gasteiger partial charge in [0, 0.05) is 12.3 Å². The highest BCUT2D eigenvalue weighted by atomic mass is 79.9. The third-order valence-corrected chi connectivity index (χ3v) is 2.99. The number of ketones is 1. The number of esters is 1. The Hall–Kier alpha value is -1.95. The molecule has 19 heavy (non-hydrogen) atoms. The van der Waals surface area contributed by atoms with E-state index in [-0.39, 0.29) is 27.8 Å². The molecule has 0 saturated carbocycles. The van der Waals surface area contributed by atoms with Crippen LogP contribution < -0.4 is 10.4 Å².